The molecule has 0 radical (unpaired) electrons. The molecule has 6 rings (SSSR count). The van der Waals surface area contributed by atoms with Crippen molar-refractivity contribution in [1.29, 1.82) is 0 Å². The number of hydrogen-bond donors (Lipinski definition) is 1. The third kappa shape index (κ3) is 5.50. The van der Waals surface area contributed by atoms with E-state index in [1.54, 1.807) is 0 Å². The van der Waals surface area contributed by atoms with Crippen LogP contribution in [-0.2, 0) is 4.79 Å². The van der Waals surface area contributed by atoms with Crippen LogP contribution < -0.4 is 9.80 Å². The lowest BCUT2D eigenvalue weighted by molar-refractivity contribution is -0.137. The third-order valence-corrected chi connectivity index (χ3v) is 9.07. The summed E-state index contributed by atoms with van der Waals surface area (Å²) in [7, 11) is 0. The van der Waals surface area contributed by atoms with Gasteiger partial charge < -0.3 is 19.8 Å². The van der Waals surface area contributed by atoms with Crippen molar-refractivity contribution in [3.63, 3.8) is 0 Å². The van der Waals surface area contributed by atoms with Gasteiger partial charge in [0.1, 0.15) is 0 Å². The van der Waals surface area contributed by atoms with Crippen LogP contribution in [0.25, 0.3) is 16.6 Å². The molecule has 1 saturated carbocycles. The fourth-order valence-corrected chi connectivity index (χ4v) is 6.54. The molecule has 1 N–H and O–H groups in total. The Labute approximate surface area is 231 Å². The Bertz CT molecular complexity index is 1260. The minimum absolute atomic E-state index is 0.0804. The molecule has 0 bridgehead atoms. The number of aliphatic hydroxyl groups is 1. The van der Waals surface area contributed by atoms with Crippen LogP contribution in [0, 0.1) is 5.92 Å². The van der Waals surface area contributed by atoms with E-state index in [9.17, 15) is 9.90 Å². The highest BCUT2D eigenvalue weighted by Crippen LogP contribution is 2.31. The maximum absolute atomic E-state index is 13.0. The molecule has 8 nitrogen and oxygen atoms in total. The van der Waals surface area contributed by atoms with Crippen LogP contribution in [0.2, 0.25) is 0 Å². The van der Waals surface area contributed by atoms with Crippen LogP contribution in [0.4, 0.5) is 11.4 Å². The lowest BCUT2D eigenvalue weighted by Gasteiger charge is -2.38. The summed E-state index contributed by atoms with van der Waals surface area (Å²) in [5.74, 6) is 0.355. The quantitative estimate of drug-likeness (QED) is 0.542. The van der Waals surface area contributed by atoms with Crippen molar-refractivity contribution in [2.24, 2.45) is 5.92 Å². The number of rotatable bonds is 5. The molecule has 4 heterocycles. The highest BCUT2D eigenvalue weighted by atomic mass is 16.3. The Balaban J connectivity index is 1.12. The van der Waals surface area contributed by atoms with Gasteiger partial charge in [-0.2, -0.15) is 5.10 Å². The van der Waals surface area contributed by atoms with E-state index in [4.69, 9.17) is 0 Å². The van der Waals surface area contributed by atoms with Gasteiger partial charge in [-0.3, -0.25) is 9.69 Å². The van der Waals surface area contributed by atoms with Gasteiger partial charge in [-0.25, -0.2) is 4.52 Å². The highest BCUT2D eigenvalue weighted by molar-refractivity contribution is 5.81. The molecule has 2 aliphatic heterocycles. The van der Waals surface area contributed by atoms with Crippen molar-refractivity contribution >= 4 is 22.8 Å². The van der Waals surface area contributed by atoms with Gasteiger partial charge in [0.15, 0.2) is 0 Å². The Morgan fingerprint density at radius 3 is 2.18 bits per heavy atom. The molecule has 3 aliphatic rings. The summed E-state index contributed by atoms with van der Waals surface area (Å²) in [6.45, 7) is 12.1. The van der Waals surface area contributed by atoms with Gasteiger partial charge in [0.2, 0.25) is 5.91 Å². The number of amides is 1. The van der Waals surface area contributed by atoms with Gasteiger partial charge in [0.25, 0.3) is 0 Å². The van der Waals surface area contributed by atoms with Crippen molar-refractivity contribution in [2.75, 3.05) is 62.2 Å². The van der Waals surface area contributed by atoms with Crippen LogP contribution in [0.1, 0.15) is 39.5 Å². The first-order valence-corrected chi connectivity index (χ1v) is 14.7. The number of aromatic nitrogens is 2. The monoisotopic (exact) mass is 530 g/mol. The molecule has 0 spiro atoms. The largest absolute Gasteiger partial charge is 0.393 e. The lowest BCUT2D eigenvalue weighted by Crippen LogP contribution is -2.51. The topological polar surface area (TPSA) is 67.6 Å². The fraction of sp³-hybridized carbons (Fsp3) is 0.548. The second-order valence-electron chi connectivity index (χ2n) is 11.8. The van der Waals surface area contributed by atoms with E-state index in [0.717, 1.165) is 83.6 Å². The first-order chi connectivity index (χ1) is 19.0. The van der Waals surface area contributed by atoms with Gasteiger partial charge in [0, 0.05) is 88.0 Å². The summed E-state index contributed by atoms with van der Waals surface area (Å²) in [5.41, 5.74) is 5.93. The zero-order valence-corrected chi connectivity index (χ0v) is 23.4. The maximum Gasteiger partial charge on any atom is 0.225 e. The summed E-state index contributed by atoms with van der Waals surface area (Å²) in [4.78, 5) is 22.5. The van der Waals surface area contributed by atoms with Crippen molar-refractivity contribution in [1.82, 2.24) is 19.4 Å². The van der Waals surface area contributed by atoms with E-state index >= 15 is 0 Å². The summed E-state index contributed by atoms with van der Waals surface area (Å²) in [6, 6.07) is 13.9. The molecule has 3 fully saturated rings. The summed E-state index contributed by atoms with van der Waals surface area (Å²) < 4.78 is 1.98. The molecular weight excluding hydrogens is 488 g/mol. The minimum Gasteiger partial charge on any atom is -0.393 e. The number of aliphatic hydroxyl groups excluding tert-OH is 1. The van der Waals surface area contributed by atoms with E-state index in [1.165, 1.54) is 22.5 Å². The first kappa shape index (κ1) is 26.1. The van der Waals surface area contributed by atoms with Crippen LogP contribution >= 0.6 is 0 Å². The van der Waals surface area contributed by atoms with E-state index < -0.39 is 0 Å². The number of carbonyl (C=O) groups is 1. The maximum atomic E-state index is 13.0. The number of nitrogens with zero attached hydrogens (tertiary/aromatic N) is 6. The third-order valence-electron chi connectivity index (χ3n) is 9.07. The smallest absolute Gasteiger partial charge is 0.225 e. The predicted octanol–water partition coefficient (Wildman–Crippen LogP) is 3.73. The van der Waals surface area contributed by atoms with Crippen LogP contribution in [0.15, 0.2) is 48.8 Å². The molecule has 1 aromatic carbocycles. The molecular formula is C31H42N6O2. The minimum atomic E-state index is -0.226. The zero-order valence-electron chi connectivity index (χ0n) is 23.4. The Morgan fingerprint density at radius 2 is 1.51 bits per heavy atom. The first-order valence-electron chi connectivity index (χ1n) is 14.7. The highest BCUT2D eigenvalue weighted by Gasteiger charge is 2.31. The zero-order chi connectivity index (χ0) is 26.9. The number of anilines is 2. The van der Waals surface area contributed by atoms with Crippen molar-refractivity contribution in [3.8, 4) is 11.1 Å². The Hall–Kier alpha value is -3.10. The predicted molar refractivity (Wildman–Crippen MR) is 156 cm³/mol. The lowest BCUT2D eigenvalue weighted by atomic mass is 9.86. The molecule has 0 atom stereocenters. The molecule has 3 aromatic rings. The molecule has 1 aliphatic carbocycles. The average molecular weight is 531 g/mol. The van der Waals surface area contributed by atoms with Gasteiger partial charge >= 0.3 is 0 Å². The molecule has 39 heavy (non-hydrogen) atoms. The second-order valence-corrected chi connectivity index (χ2v) is 11.8. The molecule has 208 valence electrons. The second kappa shape index (κ2) is 11.2. The Kier molecular flexibility index (Phi) is 7.49. The standard InChI is InChI=1S/C31H42N6O2/c1-23(2)33-13-15-34(16-14-33)27-7-3-24(4-8-27)26-21-30-29(11-12-32-37(30)22-26)35-17-19-36(20-18-35)31(39)25-5-9-28(38)10-6-25/h3-4,7-8,11-12,21-23,25,28,38H,5-6,9-10,13-20H2,1-2H3/t25-,28-. The van der Waals surface area contributed by atoms with E-state index in [-0.39, 0.29) is 17.9 Å². The van der Waals surface area contributed by atoms with Crippen LogP contribution in [0.3, 0.4) is 0 Å². The average Bonchev–Trinajstić information content (AvgIpc) is 3.42. The summed E-state index contributed by atoms with van der Waals surface area (Å²) in [6.07, 6.45) is 6.89. The molecule has 8 heteroatoms. The van der Waals surface area contributed by atoms with Gasteiger partial charge in [-0.1, -0.05) is 12.1 Å². The summed E-state index contributed by atoms with van der Waals surface area (Å²) >= 11 is 0. The molecule has 0 unspecified atom stereocenters. The number of carbonyl (C=O) groups excluding carboxylic acids is 1. The normalized spacial score (nSPS) is 23.1. The van der Waals surface area contributed by atoms with E-state index in [0.29, 0.717) is 6.04 Å². The number of benzene rings is 1. The number of fused-ring (bicyclic) bond motifs is 1. The van der Waals surface area contributed by atoms with Crippen LogP contribution in [0.5, 0.6) is 0 Å². The van der Waals surface area contributed by atoms with Crippen molar-refractivity contribution < 1.29 is 9.90 Å². The van der Waals surface area contributed by atoms with E-state index in [2.05, 4.69) is 76.2 Å². The van der Waals surface area contributed by atoms with Crippen LogP contribution in [-0.4, -0.2) is 94.9 Å². The number of piperazine rings is 2. The van der Waals surface area contributed by atoms with Crippen molar-refractivity contribution in [2.45, 2.75) is 51.7 Å². The number of hydrogen-bond acceptors (Lipinski definition) is 6. The molecule has 2 aromatic heterocycles. The van der Waals surface area contributed by atoms with Gasteiger partial charge in [-0.05, 0) is 69.4 Å². The summed E-state index contributed by atoms with van der Waals surface area (Å²) in [5, 5.41) is 14.4. The molecule has 2 saturated heterocycles. The Morgan fingerprint density at radius 1 is 0.846 bits per heavy atom. The molecule has 1 amide bonds. The SMILES string of the molecule is CC(C)N1CCN(c2ccc(-c3cc4c(N5CCN(C(=O)[C@H]6CC[C@H](O)CC6)CC5)ccnn4c3)cc2)CC1. The van der Waals surface area contributed by atoms with E-state index in [1.807, 2.05) is 15.6 Å². The fourth-order valence-electron chi connectivity index (χ4n) is 6.54. The van der Waals surface area contributed by atoms with Crippen molar-refractivity contribution in [3.05, 3.63) is 48.8 Å². The van der Waals surface area contributed by atoms with Gasteiger partial charge in [-0.15, -0.1) is 0 Å². The van der Waals surface area contributed by atoms with Gasteiger partial charge in [0.05, 0.1) is 17.3 Å².